The molecular formula is C24H26ClNO3S. The molecule has 6 heteroatoms. The van der Waals surface area contributed by atoms with Crippen molar-refractivity contribution in [2.45, 2.75) is 50.2 Å². The lowest BCUT2D eigenvalue weighted by Crippen LogP contribution is -2.31. The molecule has 0 saturated heterocycles. The van der Waals surface area contributed by atoms with Crippen molar-refractivity contribution in [3.05, 3.63) is 70.9 Å². The standard InChI is InChI=1S/C24H26ClNO3S/c1-4-30-21-13-17-12-18(25)10-11-19(17)26-23(21)20(27)14-22(28)29-24(2,3)15-16-8-6-5-7-9-16/h5-13,20,27H,4,14-15H2,1-3H3. The van der Waals surface area contributed by atoms with Crippen LogP contribution in [0.1, 0.15) is 44.6 Å². The summed E-state index contributed by atoms with van der Waals surface area (Å²) in [6.07, 6.45) is -0.595. The number of hydrogen-bond donors (Lipinski definition) is 1. The Hall–Kier alpha value is -2.08. The van der Waals surface area contributed by atoms with Crippen molar-refractivity contribution >= 4 is 40.2 Å². The summed E-state index contributed by atoms with van der Waals surface area (Å²) in [6, 6.07) is 17.3. The molecule has 1 unspecified atom stereocenters. The van der Waals surface area contributed by atoms with Crippen molar-refractivity contribution in [1.29, 1.82) is 0 Å². The van der Waals surface area contributed by atoms with Gasteiger partial charge in [0.25, 0.3) is 0 Å². The zero-order valence-electron chi connectivity index (χ0n) is 17.4. The molecule has 0 aliphatic carbocycles. The van der Waals surface area contributed by atoms with Crippen LogP contribution in [0, 0.1) is 0 Å². The lowest BCUT2D eigenvalue weighted by atomic mass is 9.98. The number of aliphatic hydroxyl groups excluding tert-OH is 1. The number of fused-ring (bicyclic) bond motifs is 1. The van der Waals surface area contributed by atoms with Gasteiger partial charge in [-0.2, -0.15) is 0 Å². The number of halogens is 1. The smallest absolute Gasteiger partial charge is 0.309 e. The molecule has 0 aliphatic heterocycles. The zero-order valence-corrected chi connectivity index (χ0v) is 19.0. The minimum Gasteiger partial charge on any atom is -0.459 e. The van der Waals surface area contributed by atoms with Gasteiger partial charge in [0.05, 0.1) is 17.6 Å². The summed E-state index contributed by atoms with van der Waals surface area (Å²) < 4.78 is 5.69. The number of nitrogens with zero attached hydrogens (tertiary/aromatic N) is 1. The van der Waals surface area contributed by atoms with Gasteiger partial charge in [0.15, 0.2) is 0 Å². The highest BCUT2D eigenvalue weighted by Gasteiger charge is 2.26. The van der Waals surface area contributed by atoms with E-state index in [4.69, 9.17) is 16.3 Å². The normalized spacial score (nSPS) is 12.7. The van der Waals surface area contributed by atoms with E-state index in [9.17, 15) is 9.90 Å². The van der Waals surface area contributed by atoms with Crippen molar-refractivity contribution in [2.24, 2.45) is 0 Å². The van der Waals surface area contributed by atoms with Gasteiger partial charge >= 0.3 is 5.97 Å². The second-order valence-corrected chi connectivity index (χ2v) is 9.50. The molecule has 0 amide bonds. The maximum Gasteiger partial charge on any atom is 0.309 e. The summed E-state index contributed by atoms with van der Waals surface area (Å²) >= 11 is 7.67. The van der Waals surface area contributed by atoms with Crippen molar-refractivity contribution < 1.29 is 14.6 Å². The number of thioether (sulfide) groups is 1. The van der Waals surface area contributed by atoms with Crippen LogP contribution < -0.4 is 0 Å². The third kappa shape index (κ3) is 5.97. The van der Waals surface area contributed by atoms with Gasteiger partial charge in [-0.3, -0.25) is 4.79 Å². The average molecular weight is 444 g/mol. The van der Waals surface area contributed by atoms with Crippen LogP contribution in [0.3, 0.4) is 0 Å². The molecule has 0 spiro atoms. The molecule has 2 aromatic carbocycles. The number of carbonyl (C=O) groups excluding carboxylic acids is 1. The molecule has 0 radical (unpaired) electrons. The summed E-state index contributed by atoms with van der Waals surface area (Å²) in [6.45, 7) is 5.78. The molecule has 1 N–H and O–H groups in total. The second-order valence-electron chi connectivity index (χ2n) is 7.76. The molecule has 30 heavy (non-hydrogen) atoms. The number of aromatic nitrogens is 1. The van der Waals surface area contributed by atoms with Crippen LogP contribution in [-0.2, 0) is 16.0 Å². The van der Waals surface area contributed by atoms with Crippen LogP contribution >= 0.6 is 23.4 Å². The Morgan fingerprint density at radius 1 is 1.20 bits per heavy atom. The van der Waals surface area contributed by atoms with E-state index < -0.39 is 17.7 Å². The fourth-order valence-electron chi connectivity index (χ4n) is 3.38. The predicted octanol–water partition coefficient (Wildman–Crippen LogP) is 5.99. The zero-order chi connectivity index (χ0) is 21.7. The van der Waals surface area contributed by atoms with E-state index >= 15 is 0 Å². The number of hydrogen-bond acceptors (Lipinski definition) is 5. The first-order valence-corrected chi connectivity index (χ1v) is 11.3. The highest BCUT2D eigenvalue weighted by Crippen LogP contribution is 2.32. The topological polar surface area (TPSA) is 59.4 Å². The Labute approximate surface area is 186 Å². The number of carbonyl (C=O) groups is 1. The van der Waals surface area contributed by atoms with Gasteiger partial charge in [0.2, 0.25) is 0 Å². The first-order valence-electron chi connectivity index (χ1n) is 9.94. The first kappa shape index (κ1) is 22.6. The van der Waals surface area contributed by atoms with Crippen LogP contribution in [0.2, 0.25) is 5.02 Å². The number of pyridine rings is 1. The molecule has 0 aliphatic rings. The van der Waals surface area contributed by atoms with Crippen LogP contribution in [0.5, 0.6) is 0 Å². The Bertz CT molecular complexity index is 1020. The lowest BCUT2D eigenvalue weighted by Gasteiger charge is -2.26. The molecular weight excluding hydrogens is 418 g/mol. The Balaban J connectivity index is 1.74. The Morgan fingerprint density at radius 2 is 1.93 bits per heavy atom. The maximum absolute atomic E-state index is 12.6. The number of aliphatic hydroxyl groups is 1. The van der Waals surface area contributed by atoms with Crippen molar-refractivity contribution in [2.75, 3.05) is 5.75 Å². The third-order valence-corrected chi connectivity index (χ3v) is 5.77. The fraction of sp³-hybridized carbons (Fsp3) is 0.333. The molecule has 1 aromatic heterocycles. The third-order valence-electron chi connectivity index (χ3n) is 4.61. The lowest BCUT2D eigenvalue weighted by molar-refractivity contribution is -0.158. The van der Waals surface area contributed by atoms with Gasteiger partial charge in [-0.25, -0.2) is 4.98 Å². The van der Waals surface area contributed by atoms with E-state index in [2.05, 4.69) is 4.98 Å². The number of rotatable bonds is 8. The maximum atomic E-state index is 12.6. The van der Waals surface area contributed by atoms with Gasteiger partial charge < -0.3 is 9.84 Å². The van der Waals surface area contributed by atoms with E-state index in [0.29, 0.717) is 17.1 Å². The van der Waals surface area contributed by atoms with E-state index in [0.717, 1.165) is 27.1 Å². The van der Waals surface area contributed by atoms with E-state index in [1.165, 1.54) is 0 Å². The minimum absolute atomic E-state index is 0.151. The van der Waals surface area contributed by atoms with Crippen LogP contribution in [0.15, 0.2) is 59.5 Å². The van der Waals surface area contributed by atoms with Gasteiger partial charge in [-0.05, 0) is 49.4 Å². The summed E-state index contributed by atoms with van der Waals surface area (Å²) in [7, 11) is 0. The van der Waals surface area contributed by atoms with Crippen molar-refractivity contribution in [3.63, 3.8) is 0 Å². The molecule has 0 bridgehead atoms. The largest absolute Gasteiger partial charge is 0.459 e. The first-order chi connectivity index (χ1) is 14.3. The van der Waals surface area contributed by atoms with Crippen LogP contribution in [-0.4, -0.2) is 27.4 Å². The average Bonchev–Trinajstić information content (AvgIpc) is 2.67. The van der Waals surface area contributed by atoms with Crippen LogP contribution in [0.4, 0.5) is 0 Å². The van der Waals surface area contributed by atoms with Gasteiger partial charge in [0.1, 0.15) is 11.7 Å². The highest BCUT2D eigenvalue weighted by molar-refractivity contribution is 7.99. The van der Waals surface area contributed by atoms with Crippen LogP contribution in [0.25, 0.3) is 10.9 Å². The Kier molecular flexibility index (Phi) is 7.40. The van der Waals surface area contributed by atoms with Gasteiger partial charge in [0, 0.05) is 21.7 Å². The number of benzene rings is 2. The molecule has 4 nitrogen and oxygen atoms in total. The fourth-order valence-corrected chi connectivity index (χ4v) is 4.41. The molecule has 1 heterocycles. The molecule has 0 fully saturated rings. The molecule has 3 rings (SSSR count). The monoisotopic (exact) mass is 443 g/mol. The van der Waals surface area contributed by atoms with E-state index in [1.807, 2.05) is 69.3 Å². The molecule has 3 aromatic rings. The molecule has 1 atom stereocenters. The highest BCUT2D eigenvalue weighted by atomic mass is 35.5. The van der Waals surface area contributed by atoms with Gasteiger partial charge in [-0.1, -0.05) is 48.9 Å². The summed E-state index contributed by atoms with van der Waals surface area (Å²) in [5.41, 5.74) is 1.64. The quantitative estimate of drug-likeness (QED) is 0.342. The predicted molar refractivity (Wildman–Crippen MR) is 123 cm³/mol. The van der Waals surface area contributed by atoms with Crippen molar-refractivity contribution in [1.82, 2.24) is 4.98 Å². The second kappa shape index (κ2) is 9.82. The van der Waals surface area contributed by atoms with Gasteiger partial charge in [-0.15, -0.1) is 11.8 Å². The van der Waals surface area contributed by atoms with Crippen molar-refractivity contribution in [3.8, 4) is 0 Å². The summed E-state index contributed by atoms with van der Waals surface area (Å²) in [4.78, 5) is 18.0. The minimum atomic E-state index is -1.04. The molecule has 158 valence electrons. The molecule has 0 saturated carbocycles. The Morgan fingerprint density at radius 3 is 2.63 bits per heavy atom. The number of ether oxygens (including phenoxy) is 1. The van der Waals surface area contributed by atoms with E-state index in [1.54, 1.807) is 17.8 Å². The summed E-state index contributed by atoms with van der Waals surface area (Å²) in [5, 5.41) is 12.3. The van der Waals surface area contributed by atoms with E-state index in [-0.39, 0.29) is 6.42 Å². The SMILES string of the molecule is CCSc1cc2cc(Cl)ccc2nc1C(O)CC(=O)OC(C)(C)Cc1ccccc1. The number of esters is 1. The summed E-state index contributed by atoms with van der Waals surface area (Å²) in [5.74, 6) is 0.371.